The number of nitrogens with one attached hydrogen (secondary N) is 1. The molecule has 0 aromatic heterocycles. The zero-order chi connectivity index (χ0) is 15.9. The molecule has 1 N–H and O–H groups in total. The van der Waals surface area contributed by atoms with E-state index in [1.807, 2.05) is 4.90 Å². The first-order chi connectivity index (χ1) is 10.6. The number of amides is 1. The molecule has 0 atom stereocenters. The fraction of sp³-hybridized carbons (Fsp3) is 0.562. The number of thioether (sulfide) groups is 1. The number of rotatable bonds is 6. The molecule has 0 radical (unpaired) electrons. The first kappa shape index (κ1) is 20.2. The number of carbonyl (C=O) groups is 1. The molecule has 3 nitrogen and oxygen atoms in total. The molecule has 23 heavy (non-hydrogen) atoms. The van der Waals surface area contributed by atoms with Crippen LogP contribution in [0.25, 0.3) is 0 Å². The SMILES string of the molecule is CCCN(C(=O)CSc1ccc(F)c(F)c1)C1CCNCC1.Cl. The van der Waals surface area contributed by atoms with Crippen molar-refractivity contribution in [2.24, 2.45) is 0 Å². The molecule has 1 heterocycles. The third-order valence-corrected chi connectivity index (χ3v) is 4.77. The number of hydrogen-bond donors (Lipinski definition) is 1. The third kappa shape index (κ3) is 5.94. The lowest BCUT2D eigenvalue weighted by molar-refractivity contribution is -0.131. The van der Waals surface area contributed by atoms with E-state index < -0.39 is 11.6 Å². The molecular formula is C16H23ClF2N2OS. The van der Waals surface area contributed by atoms with Gasteiger partial charge in [-0.15, -0.1) is 24.2 Å². The standard InChI is InChI=1S/C16H22F2N2OS.ClH/c1-2-9-20(12-5-7-19-8-6-12)16(21)11-22-13-3-4-14(17)15(18)10-13;/h3-4,10,12,19H,2,5-9,11H2,1H3;1H. The maximum atomic E-state index is 13.2. The van der Waals surface area contributed by atoms with Gasteiger partial charge >= 0.3 is 0 Å². The van der Waals surface area contributed by atoms with E-state index in [1.165, 1.54) is 17.8 Å². The van der Waals surface area contributed by atoms with E-state index in [-0.39, 0.29) is 24.1 Å². The van der Waals surface area contributed by atoms with Crippen LogP contribution in [-0.4, -0.2) is 42.2 Å². The Morgan fingerprint density at radius 3 is 2.61 bits per heavy atom. The quantitative estimate of drug-likeness (QED) is 0.784. The van der Waals surface area contributed by atoms with Crippen molar-refractivity contribution in [1.29, 1.82) is 0 Å². The Balaban J connectivity index is 0.00000264. The molecule has 1 aliphatic rings. The van der Waals surface area contributed by atoms with Crippen molar-refractivity contribution in [3.8, 4) is 0 Å². The number of hydrogen-bond acceptors (Lipinski definition) is 3. The summed E-state index contributed by atoms with van der Waals surface area (Å²) in [5.41, 5.74) is 0. The first-order valence-electron chi connectivity index (χ1n) is 7.70. The van der Waals surface area contributed by atoms with Crippen LogP contribution in [0.1, 0.15) is 26.2 Å². The highest BCUT2D eigenvalue weighted by Gasteiger charge is 2.24. The van der Waals surface area contributed by atoms with Gasteiger partial charge in [0.15, 0.2) is 11.6 Å². The molecular weight excluding hydrogens is 342 g/mol. The van der Waals surface area contributed by atoms with E-state index in [1.54, 1.807) is 0 Å². The molecule has 0 spiro atoms. The zero-order valence-electron chi connectivity index (χ0n) is 13.2. The summed E-state index contributed by atoms with van der Waals surface area (Å²) in [5, 5.41) is 3.30. The second kappa shape index (κ2) is 10.1. The summed E-state index contributed by atoms with van der Waals surface area (Å²) in [7, 11) is 0. The van der Waals surface area contributed by atoms with Gasteiger partial charge in [-0.3, -0.25) is 4.79 Å². The molecule has 130 valence electrons. The molecule has 2 rings (SSSR count). The van der Waals surface area contributed by atoms with Gasteiger partial charge in [-0.05, 0) is 50.6 Å². The van der Waals surface area contributed by atoms with Gasteiger partial charge in [0.05, 0.1) is 5.75 Å². The van der Waals surface area contributed by atoms with Crippen LogP contribution < -0.4 is 5.32 Å². The lowest BCUT2D eigenvalue weighted by Crippen LogP contribution is -2.47. The van der Waals surface area contributed by atoms with E-state index >= 15 is 0 Å². The summed E-state index contributed by atoms with van der Waals surface area (Å²) in [4.78, 5) is 15.0. The largest absolute Gasteiger partial charge is 0.339 e. The average molecular weight is 365 g/mol. The predicted octanol–water partition coefficient (Wildman–Crippen LogP) is 3.47. The molecule has 7 heteroatoms. The van der Waals surface area contributed by atoms with Crippen LogP contribution in [0.5, 0.6) is 0 Å². The molecule has 0 bridgehead atoms. The van der Waals surface area contributed by atoms with Crippen LogP contribution in [-0.2, 0) is 4.79 Å². The van der Waals surface area contributed by atoms with Gasteiger partial charge in [-0.25, -0.2) is 8.78 Å². The maximum absolute atomic E-state index is 13.2. The molecule has 1 aliphatic heterocycles. The Kier molecular flexibility index (Phi) is 8.87. The van der Waals surface area contributed by atoms with Gasteiger partial charge in [0.25, 0.3) is 0 Å². The molecule has 1 amide bonds. The van der Waals surface area contributed by atoms with Crippen molar-refractivity contribution in [2.75, 3.05) is 25.4 Å². The summed E-state index contributed by atoms with van der Waals surface area (Å²) in [6.07, 6.45) is 2.87. The number of halogens is 3. The van der Waals surface area contributed by atoms with Crippen LogP contribution in [0, 0.1) is 11.6 Å². The monoisotopic (exact) mass is 364 g/mol. The molecule has 0 saturated carbocycles. The minimum atomic E-state index is -0.874. The normalized spacial score (nSPS) is 15.1. The maximum Gasteiger partial charge on any atom is 0.233 e. The molecule has 0 unspecified atom stereocenters. The molecule has 1 aromatic rings. The zero-order valence-corrected chi connectivity index (χ0v) is 14.8. The minimum absolute atomic E-state index is 0. The Bertz CT molecular complexity index is 513. The second-order valence-corrected chi connectivity index (χ2v) is 6.48. The summed E-state index contributed by atoms with van der Waals surface area (Å²) < 4.78 is 26.1. The van der Waals surface area contributed by atoms with Gasteiger partial charge in [0.1, 0.15) is 0 Å². The third-order valence-electron chi connectivity index (χ3n) is 3.79. The topological polar surface area (TPSA) is 32.3 Å². The van der Waals surface area contributed by atoms with Crippen molar-refractivity contribution in [3.63, 3.8) is 0 Å². The highest BCUT2D eigenvalue weighted by molar-refractivity contribution is 8.00. The van der Waals surface area contributed by atoms with Crippen molar-refractivity contribution in [2.45, 2.75) is 37.1 Å². The summed E-state index contributed by atoms with van der Waals surface area (Å²) in [6, 6.07) is 4.03. The van der Waals surface area contributed by atoms with Gasteiger partial charge in [-0.2, -0.15) is 0 Å². The lowest BCUT2D eigenvalue weighted by atomic mass is 10.0. The van der Waals surface area contributed by atoms with E-state index in [0.717, 1.165) is 51.0 Å². The number of benzene rings is 1. The Morgan fingerprint density at radius 1 is 1.30 bits per heavy atom. The average Bonchev–Trinajstić information content (AvgIpc) is 2.54. The fourth-order valence-electron chi connectivity index (χ4n) is 2.66. The van der Waals surface area contributed by atoms with Crippen molar-refractivity contribution in [1.82, 2.24) is 10.2 Å². The molecule has 1 fully saturated rings. The second-order valence-electron chi connectivity index (χ2n) is 5.43. The van der Waals surface area contributed by atoms with Crippen LogP contribution in [0.4, 0.5) is 8.78 Å². The smallest absolute Gasteiger partial charge is 0.233 e. The van der Waals surface area contributed by atoms with Crippen LogP contribution in [0.3, 0.4) is 0 Å². The van der Waals surface area contributed by atoms with Gasteiger partial charge in [0, 0.05) is 17.5 Å². The van der Waals surface area contributed by atoms with E-state index in [0.29, 0.717) is 10.9 Å². The summed E-state index contributed by atoms with van der Waals surface area (Å²) in [5.74, 6) is -1.41. The van der Waals surface area contributed by atoms with Gasteiger partial charge in [-0.1, -0.05) is 6.92 Å². The summed E-state index contributed by atoms with van der Waals surface area (Å²) in [6.45, 7) is 4.69. The van der Waals surface area contributed by atoms with Crippen LogP contribution >= 0.6 is 24.2 Å². The molecule has 0 aliphatic carbocycles. The Hall–Kier alpha value is -0.850. The molecule has 1 aromatic carbocycles. The predicted molar refractivity (Wildman–Crippen MR) is 92.2 cm³/mol. The minimum Gasteiger partial charge on any atom is -0.339 e. The summed E-state index contributed by atoms with van der Waals surface area (Å²) >= 11 is 1.26. The number of piperidine rings is 1. The Morgan fingerprint density at radius 2 is 2.00 bits per heavy atom. The van der Waals surface area contributed by atoms with Crippen LogP contribution in [0.2, 0.25) is 0 Å². The number of carbonyl (C=O) groups excluding carboxylic acids is 1. The lowest BCUT2D eigenvalue weighted by Gasteiger charge is -2.34. The van der Waals surface area contributed by atoms with Crippen LogP contribution in [0.15, 0.2) is 23.1 Å². The van der Waals surface area contributed by atoms with E-state index in [2.05, 4.69) is 12.2 Å². The van der Waals surface area contributed by atoms with Gasteiger partial charge in [0.2, 0.25) is 5.91 Å². The van der Waals surface area contributed by atoms with Crippen molar-refractivity contribution >= 4 is 30.1 Å². The van der Waals surface area contributed by atoms with E-state index in [9.17, 15) is 13.6 Å². The van der Waals surface area contributed by atoms with Gasteiger partial charge < -0.3 is 10.2 Å². The first-order valence-corrected chi connectivity index (χ1v) is 8.68. The fourth-order valence-corrected chi connectivity index (χ4v) is 3.47. The highest BCUT2D eigenvalue weighted by Crippen LogP contribution is 2.22. The molecule has 1 saturated heterocycles. The number of nitrogens with zero attached hydrogens (tertiary/aromatic N) is 1. The van der Waals surface area contributed by atoms with Crippen molar-refractivity contribution < 1.29 is 13.6 Å². The highest BCUT2D eigenvalue weighted by atomic mass is 35.5. The van der Waals surface area contributed by atoms with Crippen molar-refractivity contribution in [3.05, 3.63) is 29.8 Å². The Labute approximate surface area is 146 Å². The van der Waals surface area contributed by atoms with E-state index in [4.69, 9.17) is 0 Å².